The molecule has 0 bridgehead atoms. The average molecular weight is 419 g/mol. The van der Waals surface area contributed by atoms with E-state index in [2.05, 4.69) is 31.0 Å². The maximum Gasteiger partial charge on any atom is 0.316 e. The summed E-state index contributed by atoms with van der Waals surface area (Å²) in [5, 5.41) is 8.76. The zero-order valence-electron chi connectivity index (χ0n) is 17.5. The molecule has 1 aliphatic rings. The maximum atomic E-state index is 12.5. The van der Waals surface area contributed by atoms with E-state index in [0.717, 1.165) is 18.4 Å². The van der Waals surface area contributed by atoms with E-state index in [9.17, 15) is 4.79 Å². The Labute approximate surface area is 176 Å². The zero-order chi connectivity index (χ0) is 21.0. The molecule has 1 aliphatic carbocycles. The Bertz CT molecular complexity index is 839. The van der Waals surface area contributed by atoms with Crippen LogP contribution in [0, 0.1) is 17.8 Å². The molecule has 7 nitrogen and oxygen atoms in total. The molecular weight excluding hydrogens is 388 g/mol. The quantitative estimate of drug-likeness (QED) is 0.416. The molecule has 0 spiro atoms. The van der Waals surface area contributed by atoms with Crippen LogP contribution in [-0.4, -0.2) is 39.8 Å². The number of aromatic nitrogens is 3. The number of benzene rings is 1. The fourth-order valence-corrected chi connectivity index (χ4v) is 4.60. The number of esters is 1. The van der Waals surface area contributed by atoms with Crippen molar-refractivity contribution in [3.05, 3.63) is 24.3 Å². The van der Waals surface area contributed by atoms with Crippen LogP contribution in [-0.2, 0) is 9.53 Å². The van der Waals surface area contributed by atoms with Crippen molar-refractivity contribution in [3.8, 4) is 17.1 Å². The fourth-order valence-electron chi connectivity index (χ4n) is 3.97. The Balaban J connectivity index is 1.63. The number of hydrogen-bond donors (Lipinski definition) is 1. The molecule has 0 aliphatic heterocycles. The van der Waals surface area contributed by atoms with Crippen molar-refractivity contribution in [2.45, 2.75) is 51.3 Å². The van der Waals surface area contributed by atoms with Gasteiger partial charge in [0, 0.05) is 0 Å². The Morgan fingerprint density at radius 2 is 2.07 bits per heavy atom. The highest BCUT2D eigenvalue weighted by atomic mass is 32.2. The lowest BCUT2D eigenvalue weighted by atomic mass is 9.75. The predicted molar refractivity (Wildman–Crippen MR) is 114 cm³/mol. The maximum absolute atomic E-state index is 12.5. The standard InChI is InChI=1S/C21H30N4O3S/c1-13(2)15-10-9-14(3)11-18(15)28-19(26)12-29-21-24-23-20(25(21)22)16-7-5-6-8-17(16)27-4/h5-8,13-15,18H,9-12,22H2,1-4H3. The number of hydrogen-bond acceptors (Lipinski definition) is 7. The van der Waals surface area contributed by atoms with Crippen LogP contribution in [0.3, 0.4) is 0 Å². The van der Waals surface area contributed by atoms with Crippen molar-refractivity contribution < 1.29 is 14.3 Å². The van der Waals surface area contributed by atoms with Gasteiger partial charge in [-0.05, 0) is 42.7 Å². The highest BCUT2D eigenvalue weighted by molar-refractivity contribution is 7.99. The van der Waals surface area contributed by atoms with E-state index in [0.29, 0.717) is 34.5 Å². The van der Waals surface area contributed by atoms with Gasteiger partial charge in [0.2, 0.25) is 5.16 Å². The lowest BCUT2D eigenvalue weighted by Gasteiger charge is -2.36. The molecule has 1 fully saturated rings. The Morgan fingerprint density at radius 3 is 2.79 bits per heavy atom. The van der Waals surface area contributed by atoms with Gasteiger partial charge in [-0.1, -0.05) is 51.1 Å². The summed E-state index contributed by atoms with van der Waals surface area (Å²) >= 11 is 1.23. The number of ether oxygens (including phenoxy) is 2. The minimum atomic E-state index is -0.235. The highest BCUT2D eigenvalue weighted by Gasteiger charge is 2.33. The minimum absolute atomic E-state index is 0.00765. The topological polar surface area (TPSA) is 92.3 Å². The van der Waals surface area contributed by atoms with Crippen LogP contribution in [0.15, 0.2) is 29.4 Å². The van der Waals surface area contributed by atoms with E-state index >= 15 is 0 Å². The third-order valence-corrected chi connectivity index (χ3v) is 6.49. The fraction of sp³-hybridized carbons (Fsp3) is 0.571. The normalized spacial score (nSPS) is 21.9. The van der Waals surface area contributed by atoms with Gasteiger partial charge in [-0.3, -0.25) is 4.79 Å². The molecule has 1 aromatic heterocycles. The summed E-state index contributed by atoms with van der Waals surface area (Å²) in [5.41, 5.74) is 0.746. The first kappa shape index (κ1) is 21.5. The van der Waals surface area contributed by atoms with E-state index in [1.165, 1.54) is 22.9 Å². The van der Waals surface area contributed by atoms with E-state index in [4.69, 9.17) is 15.3 Å². The molecule has 158 valence electrons. The number of carbonyl (C=O) groups excluding carboxylic acids is 1. The third kappa shape index (κ3) is 5.04. The van der Waals surface area contributed by atoms with Crippen molar-refractivity contribution in [1.82, 2.24) is 14.9 Å². The predicted octanol–water partition coefficient (Wildman–Crippen LogP) is 3.76. The summed E-state index contributed by atoms with van der Waals surface area (Å²) in [5.74, 6) is 8.75. The van der Waals surface area contributed by atoms with Gasteiger partial charge in [0.05, 0.1) is 18.4 Å². The molecule has 2 aromatic rings. The third-order valence-electron chi connectivity index (χ3n) is 5.58. The van der Waals surface area contributed by atoms with Crippen LogP contribution in [0.4, 0.5) is 0 Å². The second-order valence-electron chi connectivity index (χ2n) is 8.02. The second kappa shape index (κ2) is 9.52. The lowest BCUT2D eigenvalue weighted by Crippen LogP contribution is -2.36. The van der Waals surface area contributed by atoms with Gasteiger partial charge in [0.15, 0.2) is 5.82 Å². The van der Waals surface area contributed by atoms with Crippen LogP contribution in [0.5, 0.6) is 5.75 Å². The van der Waals surface area contributed by atoms with E-state index in [1.54, 1.807) is 7.11 Å². The number of methoxy groups -OCH3 is 1. The molecule has 0 saturated heterocycles. The van der Waals surface area contributed by atoms with Gasteiger partial charge in [0.25, 0.3) is 0 Å². The first-order chi connectivity index (χ1) is 13.9. The van der Waals surface area contributed by atoms with Gasteiger partial charge in [-0.15, -0.1) is 10.2 Å². The SMILES string of the molecule is COc1ccccc1-c1nnc(SCC(=O)OC2CC(C)CCC2C(C)C)n1N. The zero-order valence-corrected chi connectivity index (χ0v) is 18.3. The van der Waals surface area contributed by atoms with Crippen molar-refractivity contribution in [2.24, 2.45) is 17.8 Å². The van der Waals surface area contributed by atoms with Crippen molar-refractivity contribution in [1.29, 1.82) is 0 Å². The van der Waals surface area contributed by atoms with Crippen molar-refractivity contribution in [3.63, 3.8) is 0 Å². The smallest absolute Gasteiger partial charge is 0.316 e. The molecule has 3 unspecified atom stereocenters. The molecule has 0 amide bonds. The van der Waals surface area contributed by atoms with Gasteiger partial charge in [0.1, 0.15) is 11.9 Å². The van der Waals surface area contributed by atoms with Gasteiger partial charge >= 0.3 is 5.97 Å². The van der Waals surface area contributed by atoms with E-state index in [-0.39, 0.29) is 17.8 Å². The summed E-state index contributed by atoms with van der Waals surface area (Å²) < 4.78 is 12.6. The molecule has 0 radical (unpaired) electrons. The van der Waals surface area contributed by atoms with Crippen LogP contribution >= 0.6 is 11.8 Å². The molecule has 1 aromatic carbocycles. The van der Waals surface area contributed by atoms with Crippen LogP contribution in [0.2, 0.25) is 0 Å². The molecule has 1 saturated carbocycles. The summed E-state index contributed by atoms with van der Waals surface area (Å²) in [7, 11) is 1.60. The van der Waals surface area contributed by atoms with Crippen molar-refractivity contribution >= 4 is 17.7 Å². The van der Waals surface area contributed by atoms with Crippen LogP contribution in [0.1, 0.15) is 40.0 Å². The number of carbonyl (C=O) groups is 1. The average Bonchev–Trinajstić information content (AvgIpc) is 3.06. The Morgan fingerprint density at radius 1 is 1.31 bits per heavy atom. The molecule has 2 N–H and O–H groups in total. The number of nitrogen functional groups attached to an aromatic ring is 1. The first-order valence-electron chi connectivity index (χ1n) is 10.1. The van der Waals surface area contributed by atoms with Gasteiger partial charge in [-0.25, -0.2) is 4.68 Å². The summed E-state index contributed by atoms with van der Waals surface area (Å²) in [6.45, 7) is 6.63. The van der Waals surface area contributed by atoms with E-state index < -0.39 is 0 Å². The summed E-state index contributed by atoms with van der Waals surface area (Å²) in [6.07, 6.45) is 3.24. The van der Waals surface area contributed by atoms with Crippen LogP contribution in [0.25, 0.3) is 11.4 Å². The number of thioether (sulfide) groups is 1. The molecule has 8 heteroatoms. The summed E-state index contributed by atoms with van der Waals surface area (Å²) in [4.78, 5) is 12.5. The minimum Gasteiger partial charge on any atom is -0.496 e. The number of para-hydroxylation sites is 1. The Hall–Kier alpha value is -2.22. The van der Waals surface area contributed by atoms with Crippen molar-refractivity contribution in [2.75, 3.05) is 18.7 Å². The molecule has 3 atom stereocenters. The van der Waals surface area contributed by atoms with Gasteiger partial charge < -0.3 is 15.3 Å². The second-order valence-corrected chi connectivity index (χ2v) is 8.96. The number of nitrogens with two attached hydrogens (primary N) is 1. The Kier molecular flexibility index (Phi) is 7.05. The molecule has 3 rings (SSSR count). The van der Waals surface area contributed by atoms with Gasteiger partial charge in [-0.2, -0.15) is 0 Å². The molecular formula is C21H30N4O3S. The summed E-state index contributed by atoms with van der Waals surface area (Å²) in [6, 6.07) is 7.46. The highest BCUT2D eigenvalue weighted by Crippen LogP contribution is 2.35. The number of nitrogens with zero attached hydrogens (tertiary/aromatic N) is 3. The monoisotopic (exact) mass is 418 g/mol. The van der Waals surface area contributed by atoms with Crippen LogP contribution < -0.4 is 10.6 Å². The molecule has 29 heavy (non-hydrogen) atoms. The first-order valence-corrected chi connectivity index (χ1v) is 11.0. The largest absolute Gasteiger partial charge is 0.496 e. The number of rotatable bonds is 7. The molecule has 1 heterocycles. The van der Waals surface area contributed by atoms with E-state index in [1.807, 2.05) is 24.3 Å². The lowest BCUT2D eigenvalue weighted by molar-refractivity contribution is -0.152.